The topological polar surface area (TPSA) is 51.0 Å². The van der Waals surface area contributed by atoms with Crippen molar-refractivity contribution in [2.75, 3.05) is 12.3 Å². The molecule has 0 spiro atoms. The Balaban J connectivity index is 1.41. The first kappa shape index (κ1) is 19.5. The molecular formula is C23H24N4OS. The van der Waals surface area contributed by atoms with E-state index in [4.69, 9.17) is 0 Å². The zero-order valence-corrected chi connectivity index (χ0v) is 17.1. The molecule has 1 amide bonds. The zero-order valence-electron chi connectivity index (χ0n) is 16.3. The van der Waals surface area contributed by atoms with Crippen LogP contribution in [0.4, 0.5) is 0 Å². The summed E-state index contributed by atoms with van der Waals surface area (Å²) in [7, 11) is 0. The minimum atomic E-state index is 0.141. The summed E-state index contributed by atoms with van der Waals surface area (Å²) in [6, 6.07) is 18.6. The lowest BCUT2D eigenvalue weighted by atomic mass is 10.00. The Kier molecular flexibility index (Phi) is 6.10. The molecule has 2 heterocycles. The molecule has 0 bridgehead atoms. The Hall–Kier alpha value is -2.86. The van der Waals surface area contributed by atoms with Gasteiger partial charge in [0.15, 0.2) is 5.16 Å². The van der Waals surface area contributed by atoms with E-state index in [0.29, 0.717) is 25.3 Å². The van der Waals surface area contributed by atoms with Gasteiger partial charge in [0, 0.05) is 26.1 Å². The molecule has 2 aromatic carbocycles. The first-order valence-electron chi connectivity index (χ1n) is 9.79. The highest BCUT2D eigenvalue weighted by Crippen LogP contribution is 2.22. The van der Waals surface area contributed by atoms with Gasteiger partial charge >= 0.3 is 0 Å². The van der Waals surface area contributed by atoms with Gasteiger partial charge in [0.05, 0.1) is 5.75 Å². The fourth-order valence-electron chi connectivity index (χ4n) is 3.57. The average Bonchev–Trinajstić information content (AvgIpc) is 3.14. The molecule has 0 saturated carbocycles. The van der Waals surface area contributed by atoms with Gasteiger partial charge in [-0.05, 0) is 23.1 Å². The summed E-state index contributed by atoms with van der Waals surface area (Å²) in [5.41, 5.74) is 3.78. The summed E-state index contributed by atoms with van der Waals surface area (Å²) in [4.78, 5) is 14.7. The quantitative estimate of drug-likeness (QED) is 0.445. The Morgan fingerprint density at radius 3 is 2.62 bits per heavy atom. The summed E-state index contributed by atoms with van der Waals surface area (Å²) in [6.07, 6.45) is 3.46. The van der Waals surface area contributed by atoms with E-state index in [2.05, 4.69) is 47.1 Å². The fraction of sp³-hybridized carbons (Fsp3) is 0.261. The number of nitrogens with zero attached hydrogens (tertiary/aromatic N) is 4. The minimum absolute atomic E-state index is 0.141. The van der Waals surface area contributed by atoms with E-state index in [1.165, 1.54) is 28.5 Å². The predicted octanol–water partition coefficient (Wildman–Crippen LogP) is 3.73. The van der Waals surface area contributed by atoms with Crippen LogP contribution < -0.4 is 0 Å². The predicted molar refractivity (Wildman–Crippen MR) is 116 cm³/mol. The van der Waals surface area contributed by atoms with E-state index in [0.717, 1.165) is 23.9 Å². The molecule has 0 radical (unpaired) electrons. The molecule has 0 unspecified atom stereocenters. The van der Waals surface area contributed by atoms with Crippen molar-refractivity contribution in [1.82, 2.24) is 19.7 Å². The molecule has 29 heavy (non-hydrogen) atoms. The molecule has 1 aliphatic rings. The molecule has 1 aliphatic heterocycles. The van der Waals surface area contributed by atoms with E-state index < -0.39 is 0 Å². The monoisotopic (exact) mass is 404 g/mol. The number of amides is 1. The van der Waals surface area contributed by atoms with Gasteiger partial charge in [0.1, 0.15) is 5.82 Å². The van der Waals surface area contributed by atoms with Crippen molar-refractivity contribution >= 4 is 17.7 Å². The van der Waals surface area contributed by atoms with Crippen LogP contribution in [0, 0.1) is 0 Å². The van der Waals surface area contributed by atoms with E-state index in [-0.39, 0.29) is 5.91 Å². The maximum atomic E-state index is 12.8. The molecule has 0 N–H and O–H groups in total. The molecule has 6 heteroatoms. The van der Waals surface area contributed by atoms with Crippen molar-refractivity contribution in [3.8, 4) is 0 Å². The molecular weight excluding hydrogens is 380 g/mol. The Morgan fingerprint density at radius 1 is 1.07 bits per heavy atom. The summed E-state index contributed by atoms with van der Waals surface area (Å²) in [5.74, 6) is 1.39. The molecule has 5 nitrogen and oxygen atoms in total. The van der Waals surface area contributed by atoms with Crippen LogP contribution in [0.5, 0.6) is 0 Å². The number of carbonyl (C=O) groups is 1. The second-order valence-electron chi connectivity index (χ2n) is 7.08. The van der Waals surface area contributed by atoms with Crippen molar-refractivity contribution < 1.29 is 4.79 Å². The molecule has 148 valence electrons. The summed E-state index contributed by atoms with van der Waals surface area (Å²) in [5, 5.41) is 9.48. The van der Waals surface area contributed by atoms with Crippen LogP contribution in [0.15, 0.2) is 72.4 Å². The van der Waals surface area contributed by atoms with Crippen LogP contribution in [0.3, 0.4) is 0 Å². The highest BCUT2D eigenvalue weighted by Gasteiger charge is 2.21. The van der Waals surface area contributed by atoms with Crippen LogP contribution >= 0.6 is 11.8 Å². The number of aromatic nitrogens is 3. The standard InChI is InChI=1S/C23H24N4OS/c1-2-13-27-21(15-18-8-4-3-5-9-18)24-25-23(27)29-17-22(28)26-14-12-19-10-6-7-11-20(19)16-26/h2-11H,1,12-17H2. The average molecular weight is 405 g/mol. The fourth-order valence-corrected chi connectivity index (χ4v) is 4.44. The van der Waals surface area contributed by atoms with Crippen LogP contribution in [0.2, 0.25) is 0 Å². The molecule has 4 rings (SSSR count). The third-order valence-corrected chi connectivity index (χ3v) is 6.07. The smallest absolute Gasteiger partial charge is 0.233 e. The summed E-state index contributed by atoms with van der Waals surface area (Å²) in [6.45, 7) is 5.94. The third kappa shape index (κ3) is 4.59. The van der Waals surface area contributed by atoms with E-state index in [1.54, 1.807) is 0 Å². The first-order valence-corrected chi connectivity index (χ1v) is 10.8. The maximum Gasteiger partial charge on any atom is 0.233 e. The van der Waals surface area contributed by atoms with Crippen molar-refractivity contribution in [2.24, 2.45) is 0 Å². The van der Waals surface area contributed by atoms with Crippen molar-refractivity contribution in [3.63, 3.8) is 0 Å². The zero-order chi connectivity index (χ0) is 20.1. The SMILES string of the molecule is C=CCn1c(Cc2ccccc2)nnc1SCC(=O)N1CCc2ccccc2C1. The second-order valence-corrected chi connectivity index (χ2v) is 8.03. The number of carbonyl (C=O) groups excluding carboxylic acids is 1. The number of allylic oxidation sites excluding steroid dienone is 1. The maximum absolute atomic E-state index is 12.8. The number of hydrogen-bond acceptors (Lipinski definition) is 4. The van der Waals surface area contributed by atoms with Gasteiger partial charge in [-0.15, -0.1) is 16.8 Å². The van der Waals surface area contributed by atoms with Crippen molar-refractivity contribution in [3.05, 3.63) is 89.8 Å². The lowest BCUT2D eigenvalue weighted by Gasteiger charge is -2.28. The molecule has 1 aromatic heterocycles. The van der Waals surface area contributed by atoms with Gasteiger partial charge in [0.25, 0.3) is 0 Å². The lowest BCUT2D eigenvalue weighted by molar-refractivity contribution is -0.129. The van der Waals surface area contributed by atoms with E-state index >= 15 is 0 Å². The number of benzene rings is 2. The normalized spacial score (nSPS) is 13.2. The van der Waals surface area contributed by atoms with Gasteiger partial charge in [-0.2, -0.15) is 0 Å². The minimum Gasteiger partial charge on any atom is -0.337 e. The summed E-state index contributed by atoms with van der Waals surface area (Å²) < 4.78 is 2.05. The van der Waals surface area contributed by atoms with Gasteiger partial charge in [-0.1, -0.05) is 72.4 Å². The third-order valence-electron chi connectivity index (χ3n) is 5.12. The van der Waals surface area contributed by atoms with Gasteiger partial charge in [-0.25, -0.2) is 0 Å². The number of thioether (sulfide) groups is 1. The Labute approximate surface area is 175 Å². The first-order chi connectivity index (χ1) is 14.2. The van der Waals surface area contributed by atoms with Crippen molar-refractivity contribution in [1.29, 1.82) is 0 Å². The van der Waals surface area contributed by atoms with Crippen LogP contribution in [-0.2, 0) is 30.7 Å². The van der Waals surface area contributed by atoms with Crippen LogP contribution in [0.1, 0.15) is 22.5 Å². The van der Waals surface area contributed by atoms with Gasteiger partial charge < -0.3 is 9.47 Å². The van der Waals surface area contributed by atoms with Crippen LogP contribution in [-0.4, -0.2) is 37.9 Å². The molecule has 0 atom stereocenters. The summed E-state index contributed by atoms with van der Waals surface area (Å²) >= 11 is 1.45. The number of hydrogen-bond donors (Lipinski definition) is 0. The highest BCUT2D eigenvalue weighted by molar-refractivity contribution is 7.99. The lowest BCUT2D eigenvalue weighted by Crippen LogP contribution is -2.37. The van der Waals surface area contributed by atoms with Crippen LogP contribution in [0.25, 0.3) is 0 Å². The Morgan fingerprint density at radius 2 is 1.83 bits per heavy atom. The largest absolute Gasteiger partial charge is 0.337 e. The molecule has 3 aromatic rings. The molecule has 0 saturated heterocycles. The second kappa shape index (κ2) is 9.09. The number of fused-ring (bicyclic) bond motifs is 1. The van der Waals surface area contributed by atoms with Crippen molar-refractivity contribution in [2.45, 2.75) is 31.1 Å². The number of rotatable bonds is 7. The van der Waals surface area contributed by atoms with E-state index in [1.807, 2.05) is 39.8 Å². The molecule has 0 aliphatic carbocycles. The van der Waals surface area contributed by atoms with E-state index in [9.17, 15) is 4.79 Å². The van der Waals surface area contributed by atoms with Gasteiger partial charge in [0.2, 0.25) is 5.91 Å². The molecule has 0 fully saturated rings. The Bertz CT molecular complexity index is 999. The highest BCUT2D eigenvalue weighted by atomic mass is 32.2. The van der Waals surface area contributed by atoms with Gasteiger partial charge in [-0.3, -0.25) is 4.79 Å².